The molecule has 2 aromatic carbocycles. The molecular weight excluding hydrogens is 378 g/mol. The van der Waals surface area contributed by atoms with Crippen molar-refractivity contribution in [3.05, 3.63) is 54.6 Å². The van der Waals surface area contributed by atoms with Crippen molar-refractivity contribution in [3.8, 4) is 5.75 Å². The zero-order valence-electron chi connectivity index (χ0n) is 15.4. The Morgan fingerprint density at radius 2 is 1.93 bits per heavy atom. The van der Waals surface area contributed by atoms with Crippen molar-refractivity contribution in [3.63, 3.8) is 0 Å². The van der Waals surface area contributed by atoms with Crippen molar-refractivity contribution in [2.45, 2.75) is 30.6 Å². The van der Waals surface area contributed by atoms with E-state index in [1.165, 1.54) is 12.1 Å². The van der Waals surface area contributed by atoms with Gasteiger partial charge < -0.3 is 10.1 Å². The summed E-state index contributed by atoms with van der Waals surface area (Å²) in [5, 5.41) is 2.73. The molecule has 0 aliphatic carbocycles. The van der Waals surface area contributed by atoms with Crippen LogP contribution < -0.4 is 14.8 Å². The van der Waals surface area contributed by atoms with Gasteiger partial charge in [0.25, 0.3) is 10.0 Å². The van der Waals surface area contributed by atoms with Gasteiger partial charge in [-0.15, -0.1) is 0 Å². The molecule has 2 N–H and O–H groups in total. The zero-order chi connectivity index (χ0) is 19.8. The van der Waals surface area contributed by atoms with Gasteiger partial charge >= 0.3 is 0 Å². The zero-order valence-corrected chi connectivity index (χ0v) is 16.2. The van der Waals surface area contributed by atoms with Gasteiger partial charge in [-0.05, 0) is 43.2 Å². The lowest BCUT2D eigenvalue weighted by molar-refractivity contribution is -0.116. The van der Waals surface area contributed by atoms with Crippen LogP contribution in [-0.2, 0) is 14.8 Å². The lowest BCUT2D eigenvalue weighted by atomic mass is 10.2. The van der Waals surface area contributed by atoms with Crippen LogP contribution in [0.25, 0.3) is 0 Å². The Hall–Kier alpha value is -2.87. The van der Waals surface area contributed by atoms with Crippen LogP contribution in [0.1, 0.15) is 25.7 Å². The number of carbonyl (C=O) groups excluding carboxylic acids is 1. The highest BCUT2D eigenvalue weighted by Gasteiger charge is 2.18. The van der Waals surface area contributed by atoms with Crippen molar-refractivity contribution >= 4 is 27.5 Å². The predicted octanol–water partition coefficient (Wildman–Crippen LogP) is 2.95. The van der Waals surface area contributed by atoms with E-state index in [0.29, 0.717) is 37.5 Å². The Balaban J connectivity index is 1.50. The SMILES string of the molecule is O=C(CCCOc1ccccc1)Nc1cccc(S(=O)(=O)NC2=NCCC2)c1. The molecule has 0 aromatic heterocycles. The van der Waals surface area contributed by atoms with Crippen molar-refractivity contribution in [1.82, 2.24) is 4.72 Å². The molecule has 1 aliphatic heterocycles. The number of nitrogens with zero attached hydrogens (tertiary/aromatic N) is 1. The Bertz CT molecular complexity index is 943. The van der Waals surface area contributed by atoms with Crippen molar-refractivity contribution in [2.75, 3.05) is 18.5 Å². The molecule has 0 atom stereocenters. The summed E-state index contributed by atoms with van der Waals surface area (Å²) in [7, 11) is -3.71. The van der Waals surface area contributed by atoms with E-state index in [2.05, 4.69) is 15.0 Å². The second kappa shape index (κ2) is 9.36. The van der Waals surface area contributed by atoms with Crippen LogP contribution in [0, 0.1) is 0 Å². The fraction of sp³-hybridized carbons (Fsp3) is 0.300. The first kappa shape index (κ1) is 19.9. The summed E-state index contributed by atoms with van der Waals surface area (Å²) in [6.45, 7) is 1.07. The van der Waals surface area contributed by atoms with Gasteiger partial charge in [0.05, 0.1) is 11.5 Å². The van der Waals surface area contributed by atoms with Crippen molar-refractivity contribution in [1.29, 1.82) is 0 Å². The monoisotopic (exact) mass is 401 g/mol. The maximum absolute atomic E-state index is 12.5. The van der Waals surface area contributed by atoms with Gasteiger partial charge in [0.1, 0.15) is 11.6 Å². The number of benzene rings is 2. The van der Waals surface area contributed by atoms with E-state index in [-0.39, 0.29) is 17.2 Å². The van der Waals surface area contributed by atoms with E-state index in [9.17, 15) is 13.2 Å². The van der Waals surface area contributed by atoms with E-state index in [1.807, 2.05) is 30.3 Å². The highest BCUT2D eigenvalue weighted by Crippen LogP contribution is 2.17. The number of aliphatic imine (C=N–C) groups is 1. The van der Waals surface area contributed by atoms with Gasteiger partial charge in [0.2, 0.25) is 5.91 Å². The standard InChI is InChI=1S/C20H23N3O4S/c24-20(12-6-14-27-17-8-2-1-3-9-17)22-16-7-4-10-18(15-16)28(25,26)23-19-11-5-13-21-19/h1-4,7-10,15H,5-6,11-14H2,(H,21,23)(H,22,24). The molecule has 0 bridgehead atoms. The molecule has 1 amide bonds. The molecule has 0 fully saturated rings. The van der Waals surface area contributed by atoms with Crippen molar-refractivity contribution < 1.29 is 17.9 Å². The van der Waals surface area contributed by atoms with Crippen LogP contribution in [0.4, 0.5) is 5.69 Å². The minimum Gasteiger partial charge on any atom is -0.494 e. The number of sulfonamides is 1. The summed E-state index contributed by atoms with van der Waals surface area (Å²) in [6, 6.07) is 15.6. The number of hydrogen-bond acceptors (Lipinski definition) is 5. The molecule has 3 rings (SSSR count). The number of ether oxygens (including phenoxy) is 1. The molecule has 1 heterocycles. The number of nitrogens with one attached hydrogen (secondary N) is 2. The molecule has 0 radical (unpaired) electrons. The number of para-hydroxylation sites is 1. The highest BCUT2D eigenvalue weighted by molar-refractivity contribution is 7.90. The lowest BCUT2D eigenvalue weighted by Crippen LogP contribution is -2.29. The van der Waals surface area contributed by atoms with Gasteiger partial charge in [-0.25, -0.2) is 8.42 Å². The van der Waals surface area contributed by atoms with Crippen molar-refractivity contribution in [2.24, 2.45) is 4.99 Å². The quantitative estimate of drug-likeness (QED) is 0.665. The molecule has 2 aromatic rings. The van der Waals surface area contributed by atoms with Crippen LogP contribution in [0.15, 0.2) is 64.5 Å². The Morgan fingerprint density at radius 1 is 1.11 bits per heavy atom. The van der Waals surface area contributed by atoms with Gasteiger partial charge in [-0.2, -0.15) is 0 Å². The van der Waals surface area contributed by atoms with Crippen LogP contribution in [0.3, 0.4) is 0 Å². The van der Waals surface area contributed by atoms with Gasteiger partial charge in [0.15, 0.2) is 0 Å². The third-order valence-electron chi connectivity index (χ3n) is 4.11. The molecule has 148 valence electrons. The lowest BCUT2D eigenvalue weighted by Gasteiger charge is -2.10. The first-order valence-electron chi connectivity index (χ1n) is 9.17. The van der Waals surface area contributed by atoms with E-state index in [1.54, 1.807) is 12.1 Å². The fourth-order valence-electron chi connectivity index (χ4n) is 2.74. The smallest absolute Gasteiger partial charge is 0.262 e. The average molecular weight is 401 g/mol. The number of amides is 1. The molecule has 28 heavy (non-hydrogen) atoms. The van der Waals surface area contributed by atoms with Crippen LogP contribution in [0.5, 0.6) is 5.75 Å². The van der Waals surface area contributed by atoms with Crippen LogP contribution in [-0.4, -0.2) is 33.3 Å². The Labute approximate surface area is 164 Å². The van der Waals surface area contributed by atoms with E-state index in [4.69, 9.17) is 4.74 Å². The summed E-state index contributed by atoms with van der Waals surface area (Å²) in [4.78, 5) is 16.3. The summed E-state index contributed by atoms with van der Waals surface area (Å²) >= 11 is 0. The first-order valence-corrected chi connectivity index (χ1v) is 10.7. The second-order valence-corrected chi connectivity index (χ2v) is 8.06. The van der Waals surface area contributed by atoms with Gasteiger partial charge in [-0.1, -0.05) is 24.3 Å². The maximum Gasteiger partial charge on any atom is 0.262 e. The summed E-state index contributed by atoms with van der Waals surface area (Å²) < 4.78 is 33.0. The molecule has 0 unspecified atom stereocenters. The largest absolute Gasteiger partial charge is 0.494 e. The highest BCUT2D eigenvalue weighted by atomic mass is 32.2. The maximum atomic E-state index is 12.5. The Kier molecular flexibility index (Phi) is 6.65. The molecule has 0 saturated carbocycles. The van der Waals surface area contributed by atoms with Crippen LogP contribution >= 0.6 is 0 Å². The average Bonchev–Trinajstić information content (AvgIpc) is 3.19. The molecular formula is C20H23N3O4S. The fourth-order valence-corrected chi connectivity index (χ4v) is 3.88. The van der Waals surface area contributed by atoms with E-state index >= 15 is 0 Å². The normalized spacial score (nSPS) is 13.6. The number of anilines is 1. The molecule has 1 aliphatic rings. The number of carbonyl (C=O) groups is 1. The second-order valence-electron chi connectivity index (χ2n) is 6.38. The van der Waals surface area contributed by atoms with Gasteiger partial charge in [-0.3, -0.25) is 14.5 Å². The summed E-state index contributed by atoms with van der Waals surface area (Å²) in [5.74, 6) is 1.05. The molecule has 8 heteroatoms. The van der Waals surface area contributed by atoms with Gasteiger partial charge in [0, 0.05) is 25.1 Å². The third kappa shape index (κ3) is 5.82. The third-order valence-corrected chi connectivity index (χ3v) is 5.49. The number of rotatable bonds is 8. The van der Waals surface area contributed by atoms with E-state index < -0.39 is 10.0 Å². The minimum atomic E-state index is -3.71. The summed E-state index contributed by atoms with van der Waals surface area (Å²) in [5.41, 5.74) is 0.435. The van der Waals surface area contributed by atoms with E-state index in [0.717, 1.165) is 12.2 Å². The molecule has 0 spiro atoms. The topological polar surface area (TPSA) is 96.9 Å². The number of hydrogen-bond donors (Lipinski definition) is 2. The summed E-state index contributed by atoms with van der Waals surface area (Å²) in [6.07, 6.45) is 2.31. The Morgan fingerprint density at radius 3 is 2.68 bits per heavy atom. The number of amidine groups is 1. The first-order chi connectivity index (χ1) is 13.5. The predicted molar refractivity (Wildman–Crippen MR) is 108 cm³/mol. The molecule has 7 nitrogen and oxygen atoms in total. The van der Waals surface area contributed by atoms with Crippen LogP contribution in [0.2, 0.25) is 0 Å². The minimum absolute atomic E-state index is 0.0901. The molecule has 0 saturated heterocycles.